The second-order valence-electron chi connectivity index (χ2n) is 6.75. The zero-order chi connectivity index (χ0) is 19.4. The lowest BCUT2D eigenvalue weighted by molar-refractivity contribution is 0.104. The van der Waals surface area contributed by atoms with Crippen LogP contribution >= 0.6 is 12.6 Å². The van der Waals surface area contributed by atoms with Gasteiger partial charge < -0.3 is 9.64 Å². The van der Waals surface area contributed by atoms with Crippen molar-refractivity contribution in [3.8, 4) is 0 Å². The van der Waals surface area contributed by atoms with Crippen LogP contribution in [0.4, 0.5) is 4.79 Å². The number of rotatable bonds is 6. The highest BCUT2D eigenvalue weighted by atomic mass is 32.2. The highest BCUT2D eigenvalue weighted by Gasteiger charge is 2.42. The van der Waals surface area contributed by atoms with Gasteiger partial charge in [-0.05, 0) is 12.0 Å². The van der Waals surface area contributed by atoms with Crippen LogP contribution in [0.2, 0.25) is 0 Å². The fourth-order valence-electron chi connectivity index (χ4n) is 3.49. The first kappa shape index (κ1) is 20.2. The van der Waals surface area contributed by atoms with Crippen molar-refractivity contribution in [2.75, 3.05) is 32.8 Å². The highest BCUT2D eigenvalue weighted by Crippen LogP contribution is 2.27. The van der Waals surface area contributed by atoms with Crippen LogP contribution in [-0.2, 0) is 21.5 Å². The fourth-order valence-corrected chi connectivity index (χ4v) is 5.53. The summed E-state index contributed by atoms with van der Waals surface area (Å²) in [5.41, 5.74) is 0.953. The first-order chi connectivity index (χ1) is 12.9. The minimum absolute atomic E-state index is 0.0111. The second-order valence-corrected chi connectivity index (χ2v) is 9.41. The van der Waals surface area contributed by atoms with E-state index in [2.05, 4.69) is 19.2 Å². The molecule has 2 atom stereocenters. The molecule has 0 unspecified atom stereocenters. The maximum atomic E-state index is 12.9. The van der Waals surface area contributed by atoms with Gasteiger partial charge in [0, 0.05) is 38.0 Å². The van der Waals surface area contributed by atoms with E-state index in [-0.39, 0.29) is 24.4 Å². The molecule has 9 heteroatoms. The molecule has 2 aliphatic heterocycles. The summed E-state index contributed by atoms with van der Waals surface area (Å²) in [5, 5.41) is 0.0111. The molecule has 3 rings (SSSR count). The highest BCUT2D eigenvalue weighted by molar-refractivity contribution is 7.87. The molecule has 1 amide bonds. The van der Waals surface area contributed by atoms with Crippen LogP contribution in [0.5, 0.6) is 0 Å². The lowest BCUT2D eigenvalue weighted by Crippen LogP contribution is -2.45. The van der Waals surface area contributed by atoms with Crippen molar-refractivity contribution in [3.63, 3.8) is 0 Å². The number of carbonyl (C=O) groups is 1. The fraction of sp³-hybridized carbons (Fsp3) is 0.500. The molecule has 0 aliphatic carbocycles. The Hall–Kier alpha value is -1.55. The van der Waals surface area contributed by atoms with Gasteiger partial charge in [0.25, 0.3) is 10.2 Å². The van der Waals surface area contributed by atoms with E-state index in [4.69, 9.17) is 4.74 Å². The Morgan fingerprint density at radius 2 is 1.96 bits per heavy atom. The Bertz CT molecular complexity index is 772. The molecule has 2 saturated heterocycles. The second kappa shape index (κ2) is 8.64. The third-order valence-electron chi connectivity index (χ3n) is 4.82. The molecule has 0 saturated carbocycles. The molecule has 2 aliphatic rings. The quantitative estimate of drug-likeness (QED) is 0.572. The number of hydrogen-bond acceptors (Lipinski definition) is 5. The summed E-state index contributed by atoms with van der Waals surface area (Å²) >= 11 is 4.47. The SMILES string of the molecule is C=CCOC(=O)N1C[C@@H](S)C[C@H]1CN1CCN(Cc2ccccc2)S1(=O)=O. The normalized spacial score (nSPS) is 25.6. The van der Waals surface area contributed by atoms with Gasteiger partial charge in [0.15, 0.2) is 0 Å². The van der Waals surface area contributed by atoms with Gasteiger partial charge in [0.2, 0.25) is 0 Å². The predicted molar refractivity (Wildman–Crippen MR) is 107 cm³/mol. The Morgan fingerprint density at radius 3 is 2.67 bits per heavy atom. The molecule has 1 aromatic carbocycles. The molecule has 148 valence electrons. The summed E-state index contributed by atoms with van der Waals surface area (Å²) in [6, 6.07) is 9.29. The molecule has 0 radical (unpaired) electrons. The van der Waals surface area contributed by atoms with Crippen LogP contribution in [0.3, 0.4) is 0 Å². The average Bonchev–Trinajstić information content (AvgIpc) is 3.15. The van der Waals surface area contributed by atoms with E-state index in [1.54, 1.807) is 4.90 Å². The van der Waals surface area contributed by atoms with Crippen molar-refractivity contribution < 1.29 is 17.9 Å². The van der Waals surface area contributed by atoms with Crippen molar-refractivity contribution in [1.29, 1.82) is 0 Å². The van der Waals surface area contributed by atoms with E-state index < -0.39 is 16.3 Å². The monoisotopic (exact) mass is 411 g/mol. The summed E-state index contributed by atoms with van der Waals surface area (Å²) in [6.07, 6.45) is 1.69. The van der Waals surface area contributed by atoms with E-state index in [0.717, 1.165) is 5.56 Å². The maximum absolute atomic E-state index is 12.9. The Labute approximate surface area is 166 Å². The summed E-state index contributed by atoms with van der Waals surface area (Å²) in [6.45, 7) is 5.58. The third kappa shape index (κ3) is 4.66. The van der Waals surface area contributed by atoms with Crippen molar-refractivity contribution in [1.82, 2.24) is 13.5 Å². The minimum Gasteiger partial charge on any atom is -0.445 e. The van der Waals surface area contributed by atoms with Crippen molar-refractivity contribution in [3.05, 3.63) is 48.6 Å². The van der Waals surface area contributed by atoms with Crippen molar-refractivity contribution >= 4 is 28.9 Å². The smallest absolute Gasteiger partial charge is 0.410 e. The van der Waals surface area contributed by atoms with Crippen molar-refractivity contribution in [2.45, 2.75) is 24.3 Å². The Balaban J connectivity index is 1.66. The molecular formula is C18H25N3O4S2. The van der Waals surface area contributed by atoms with Gasteiger partial charge in [-0.15, -0.1) is 0 Å². The Kier molecular flexibility index (Phi) is 6.46. The summed E-state index contributed by atoms with van der Waals surface area (Å²) < 4.78 is 33.9. The number of ether oxygens (including phenoxy) is 1. The van der Waals surface area contributed by atoms with Gasteiger partial charge in [0.1, 0.15) is 6.61 Å². The van der Waals surface area contributed by atoms with E-state index in [1.165, 1.54) is 14.7 Å². The molecule has 7 nitrogen and oxygen atoms in total. The summed E-state index contributed by atoms with van der Waals surface area (Å²) in [7, 11) is -3.55. The molecule has 27 heavy (non-hydrogen) atoms. The van der Waals surface area contributed by atoms with Crippen molar-refractivity contribution in [2.24, 2.45) is 0 Å². The molecule has 0 spiro atoms. The van der Waals surface area contributed by atoms with Gasteiger partial charge in [-0.1, -0.05) is 43.0 Å². The number of benzene rings is 1. The number of amides is 1. The van der Waals surface area contributed by atoms with Gasteiger partial charge >= 0.3 is 6.09 Å². The lowest BCUT2D eigenvalue weighted by atomic mass is 10.2. The molecule has 2 fully saturated rings. The molecule has 2 heterocycles. The van der Waals surface area contributed by atoms with Crippen LogP contribution in [0.25, 0.3) is 0 Å². The Morgan fingerprint density at radius 1 is 1.26 bits per heavy atom. The van der Waals surface area contributed by atoms with E-state index in [1.807, 2.05) is 30.3 Å². The zero-order valence-electron chi connectivity index (χ0n) is 15.1. The first-order valence-electron chi connectivity index (χ1n) is 8.93. The van der Waals surface area contributed by atoms with E-state index in [0.29, 0.717) is 32.6 Å². The van der Waals surface area contributed by atoms with Crippen LogP contribution in [0.1, 0.15) is 12.0 Å². The number of likely N-dealkylation sites (tertiary alicyclic amines) is 1. The average molecular weight is 412 g/mol. The van der Waals surface area contributed by atoms with Gasteiger partial charge in [-0.25, -0.2) is 4.79 Å². The number of hydrogen-bond donors (Lipinski definition) is 1. The van der Waals surface area contributed by atoms with Gasteiger partial charge in [-0.2, -0.15) is 29.7 Å². The minimum atomic E-state index is -3.55. The number of thiol groups is 1. The molecule has 1 aromatic rings. The lowest BCUT2D eigenvalue weighted by Gasteiger charge is -2.27. The maximum Gasteiger partial charge on any atom is 0.410 e. The van der Waals surface area contributed by atoms with E-state index >= 15 is 0 Å². The van der Waals surface area contributed by atoms with Crippen LogP contribution in [0.15, 0.2) is 43.0 Å². The topological polar surface area (TPSA) is 70.2 Å². The molecule has 0 N–H and O–H groups in total. The standard InChI is InChI=1S/C18H25N3O4S2/c1-2-10-25-18(22)21-14-17(26)11-16(21)13-20-9-8-19(27(20,23)24)12-15-6-4-3-5-7-15/h2-7,16-17,26H,1,8-14H2/t16-,17-/m0/s1. The number of nitrogens with zero attached hydrogens (tertiary/aromatic N) is 3. The van der Waals surface area contributed by atoms with Crippen LogP contribution < -0.4 is 0 Å². The van der Waals surface area contributed by atoms with Crippen LogP contribution in [-0.4, -0.2) is 72.1 Å². The predicted octanol–water partition coefficient (Wildman–Crippen LogP) is 1.74. The molecule has 0 aromatic heterocycles. The summed E-state index contributed by atoms with van der Waals surface area (Å²) in [4.78, 5) is 13.8. The largest absolute Gasteiger partial charge is 0.445 e. The summed E-state index contributed by atoms with van der Waals surface area (Å²) in [5.74, 6) is 0. The number of carbonyl (C=O) groups excluding carboxylic acids is 1. The molecule has 0 bridgehead atoms. The zero-order valence-corrected chi connectivity index (χ0v) is 16.8. The third-order valence-corrected chi connectivity index (χ3v) is 7.14. The molecular weight excluding hydrogens is 386 g/mol. The van der Waals surface area contributed by atoms with Gasteiger partial charge in [0.05, 0.1) is 6.04 Å². The van der Waals surface area contributed by atoms with Gasteiger partial charge in [-0.3, -0.25) is 0 Å². The first-order valence-corrected chi connectivity index (χ1v) is 10.8. The van der Waals surface area contributed by atoms with E-state index in [9.17, 15) is 13.2 Å². The van der Waals surface area contributed by atoms with Crippen LogP contribution in [0, 0.1) is 0 Å².